The van der Waals surface area contributed by atoms with Crippen LogP contribution in [0, 0.1) is 0 Å². The summed E-state index contributed by atoms with van der Waals surface area (Å²) >= 11 is 1.81. The highest BCUT2D eigenvalue weighted by Gasteiger charge is 2.12. The first-order valence-electron chi connectivity index (χ1n) is 4.33. The molecular formula is C10H12N2S. The van der Waals surface area contributed by atoms with Gasteiger partial charge in [0.05, 0.1) is 12.1 Å². The van der Waals surface area contributed by atoms with Crippen LogP contribution in [0.25, 0.3) is 0 Å². The Morgan fingerprint density at radius 3 is 3.15 bits per heavy atom. The monoisotopic (exact) mass is 192 g/mol. The van der Waals surface area contributed by atoms with E-state index < -0.39 is 0 Å². The lowest BCUT2D eigenvalue weighted by molar-refractivity contribution is 0.872. The van der Waals surface area contributed by atoms with Crippen molar-refractivity contribution in [2.45, 2.75) is 11.7 Å². The number of rotatable bonds is 2. The molecule has 68 valence electrons. The Morgan fingerprint density at radius 2 is 2.46 bits per heavy atom. The molecule has 13 heavy (non-hydrogen) atoms. The highest BCUT2D eigenvalue weighted by molar-refractivity contribution is 8.12. The van der Waals surface area contributed by atoms with Crippen molar-refractivity contribution in [3.8, 4) is 0 Å². The van der Waals surface area contributed by atoms with Gasteiger partial charge in [0.15, 0.2) is 0 Å². The van der Waals surface area contributed by atoms with Crippen LogP contribution >= 0.6 is 11.8 Å². The normalized spacial score (nSPS) is 20.8. The second-order valence-corrected chi connectivity index (χ2v) is 4.33. The molecule has 1 heterocycles. The Morgan fingerprint density at radius 1 is 1.54 bits per heavy atom. The van der Waals surface area contributed by atoms with Gasteiger partial charge in [-0.15, -0.1) is 11.8 Å². The lowest BCUT2D eigenvalue weighted by Crippen LogP contribution is -2.06. The van der Waals surface area contributed by atoms with Gasteiger partial charge in [-0.2, -0.15) is 0 Å². The number of hydrogen-bond donors (Lipinski definition) is 1. The molecule has 0 saturated heterocycles. The summed E-state index contributed by atoms with van der Waals surface area (Å²) in [6, 6.07) is 8.08. The summed E-state index contributed by atoms with van der Waals surface area (Å²) in [5.74, 6) is 0. The summed E-state index contributed by atoms with van der Waals surface area (Å²) in [5, 5.41) is 0.613. The van der Waals surface area contributed by atoms with Gasteiger partial charge in [-0.25, -0.2) is 0 Å². The van der Waals surface area contributed by atoms with E-state index in [4.69, 9.17) is 5.73 Å². The predicted molar refractivity (Wildman–Crippen MR) is 59.3 cm³/mol. The molecule has 0 aliphatic carbocycles. The minimum atomic E-state index is 0.613. The lowest BCUT2D eigenvalue weighted by atomic mass is 10.1. The van der Waals surface area contributed by atoms with Gasteiger partial charge >= 0.3 is 0 Å². The van der Waals surface area contributed by atoms with E-state index in [-0.39, 0.29) is 0 Å². The number of benzene rings is 1. The fourth-order valence-electron chi connectivity index (χ4n) is 1.43. The molecule has 2 N–H and O–H groups in total. The summed E-state index contributed by atoms with van der Waals surface area (Å²) in [7, 11) is 0. The van der Waals surface area contributed by atoms with Gasteiger partial charge in [0, 0.05) is 10.9 Å². The molecule has 2 nitrogen and oxygen atoms in total. The smallest absolute Gasteiger partial charge is 0.0545 e. The van der Waals surface area contributed by atoms with E-state index in [0.29, 0.717) is 5.25 Å². The summed E-state index contributed by atoms with van der Waals surface area (Å²) < 4.78 is 0. The van der Waals surface area contributed by atoms with Gasteiger partial charge in [-0.3, -0.25) is 4.99 Å². The minimum absolute atomic E-state index is 0.613. The molecule has 2 rings (SSSR count). The Labute approximate surface area is 82.2 Å². The van der Waals surface area contributed by atoms with Crippen LogP contribution in [-0.2, 0) is 6.42 Å². The SMILES string of the molecule is Nc1cccc(CC2CN=CS2)c1. The average Bonchev–Trinajstić information content (AvgIpc) is 2.57. The van der Waals surface area contributed by atoms with Crippen LogP contribution in [0.15, 0.2) is 29.3 Å². The lowest BCUT2D eigenvalue weighted by Gasteiger charge is -2.07. The van der Waals surface area contributed by atoms with Gasteiger partial charge in [0.25, 0.3) is 0 Å². The number of nitrogens with zero attached hydrogens (tertiary/aromatic N) is 1. The standard InChI is InChI=1S/C10H12N2S/c11-9-3-1-2-8(4-9)5-10-6-12-7-13-10/h1-4,7,10H,5-6,11H2. The summed E-state index contributed by atoms with van der Waals surface area (Å²) in [4.78, 5) is 4.19. The zero-order chi connectivity index (χ0) is 9.10. The molecule has 1 aliphatic rings. The number of anilines is 1. The maximum atomic E-state index is 5.69. The first-order chi connectivity index (χ1) is 6.34. The van der Waals surface area contributed by atoms with Crippen LogP contribution in [0.1, 0.15) is 5.56 Å². The van der Waals surface area contributed by atoms with Crippen LogP contribution in [-0.4, -0.2) is 17.3 Å². The van der Waals surface area contributed by atoms with Crippen LogP contribution < -0.4 is 5.73 Å². The van der Waals surface area contributed by atoms with Crippen molar-refractivity contribution in [2.75, 3.05) is 12.3 Å². The third-order valence-corrected chi connectivity index (χ3v) is 3.02. The summed E-state index contributed by atoms with van der Waals surface area (Å²) in [6.07, 6.45) is 1.07. The molecule has 0 fully saturated rings. The highest BCUT2D eigenvalue weighted by atomic mass is 32.2. The molecule has 1 unspecified atom stereocenters. The maximum Gasteiger partial charge on any atom is 0.0545 e. The van der Waals surface area contributed by atoms with Gasteiger partial charge in [-0.05, 0) is 24.1 Å². The number of nitrogen functional groups attached to an aromatic ring is 1. The van der Waals surface area contributed by atoms with Crippen molar-refractivity contribution in [3.05, 3.63) is 29.8 Å². The molecule has 0 radical (unpaired) electrons. The second kappa shape index (κ2) is 3.83. The Balaban J connectivity index is 2.01. The molecule has 0 bridgehead atoms. The minimum Gasteiger partial charge on any atom is -0.399 e. The quantitative estimate of drug-likeness (QED) is 0.727. The molecule has 1 aromatic carbocycles. The average molecular weight is 192 g/mol. The van der Waals surface area contributed by atoms with Crippen molar-refractivity contribution in [1.82, 2.24) is 0 Å². The van der Waals surface area contributed by atoms with Gasteiger partial charge < -0.3 is 5.73 Å². The van der Waals surface area contributed by atoms with Crippen LogP contribution in [0.4, 0.5) is 5.69 Å². The number of aliphatic imine (C=N–C) groups is 1. The largest absolute Gasteiger partial charge is 0.399 e. The van der Waals surface area contributed by atoms with E-state index in [1.165, 1.54) is 5.56 Å². The first kappa shape index (κ1) is 8.63. The molecule has 0 spiro atoms. The summed E-state index contributed by atoms with van der Waals surface area (Å²) in [5.41, 5.74) is 9.79. The molecule has 1 aromatic rings. The van der Waals surface area contributed by atoms with Crippen LogP contribution in [0.3, 0.4) is 0 Å². The number of hydrogen-bond acceptors (Lipinski definition) is 3. The van der Waals surface area contributed by atoms with Crippen molar-refractivity contribution < 1.29 is 0 Å². The number of nitrogens with two attached hydrogens (primary N) is 1. The Kier molecular flexibility index (Phi) is 2.54. The molecule has 3 heteroatoms. The molecule has 1 atom stereocenters. The third-order valence-electron chi connectivity index (χ3n) is 2.05. The highest BCUT2D eigenvalue weighted by Crippen LogP contribution is 2.20. The molecule has 0 saturated carbocycles. The van der Waals surface area contributed by atoms with E-state index in [2.05, 4.69) is 11.1 Å². The van der Waals surface area contributed by atoms with Crippen molar-refractivity contribution in [3.63, 3.8) is 0 Å². The topological polar surface area (TPSA) is 38.4 Å². The zero-order valence-electron chi connectivity index (χ0n) is 7.31. The van der Waals surface area contributed by atoms with Crippen LogP contribution in [0.5, 0.6) is 0 Å². The van der Waals surface area contributed by atoms with Gasteiger partial charge in [0.1, 0.15) is 0 Å². The zero-order valence-corrected chi connectivity index (χ0v) is 8.13. The fourth-order valence-corrected chi connectivity index (χ4v) is 2.23. The molecule has 0 amide bonds. The van der Waals surface area contributed by atoms with Crippen LogP contribution in [0.2, 0.25) is 0 Å². The van der Waals surface area contributed by atoms with Gasteiger partial charge in [-0.1, -0.05) is 12.1 Å². The molecule has 1 aliphatic heterocycles. The van der Waals surface area contributed by atoms with E-state index in [1.54, 1.807) is 0 Å². The number of thioether (sulfide) groups is 1. The predicted octanol–water partition coefficient (Wildman–Crippen LogP) is 1.96. The van der Waals surface area contributed by atoms with Crippen molar-refractivity contribution >= 4 is 23.0 Å². The van der Waals surface area contributed by atoms with E-state index in [1.807, 2.05) is 35.5 Å². The second-order valence-electron chi connectivity index (χ2n) is 3.18. The van der Waals surface area contributed by atoms with E-state index in [9.17, 15) is 0 Å². The van der Waals surface area contributed by atoms with E-state index in [0.717, 1.165) is 18.7 Å². The Bertz CT molecular complexity index is 314. The maximum absolute atomic E-state index is 5.69. The van der Waals surface area contributed by atoms with E-state index >= 15 is 0 Å². The first-order valence-corrected chi connectivity index (χ1v) is 5.27. The summed E-state index contributed by atoms with van der Waals surface area (Å²) in [6.45, 7) is 0.944. The molecular weight excluding hydrogens is 180 g/mol. The third kappa shape index (κ3) is 2.25. The Hall–Kier alpha value is -0.960. The fraction of sp³-hybridized carbons (Fsp3) is 0.300. The molecule has 0 aromatic heterocycles. The van der Waals surface area contributed by atoms with Crippen molar-refractivity contribution in [2.24, 2.45) is 4.99 Å². The van der Waals surface area contributed by atoms with Gasteiger partial charge in [0.2, 0.25) is 0 Å². The van der Waals surface area contributed by atoms with Crippen molar-refractivity contribution in [1.29, 1.82) is 0 Å².